The maximum Gasteiger partial charge on any atom is 0.472 e. The van der Waals surface area contributed by atoms with Gasteiger partial charge in [-0.1, -0.05) is 0 Å². The molecule has 5 aromatic rings. The van der Waals surface area contributed by atoms with Gasteiger partial charge in [0.1, 0.15) is 60.8 Å². The molecular weight excluding hydrogens is 896 g/mol. The van der Waals surface area contributed by atoms with E-state index in [0.717, 1.165) is 32.6 Å². The Bertz CT molecular complexity index is 2800. The molecule has 15 N–H and O–H groups in total. The monoisotopic (exact) mass is 933 g/mol. The molecular formula is C29H37N13O19P2. The number of aliphatic hydroxyl groups excluding tert-OH is 5. The van der Waals surface area contributed by atoms with Crippen LogP contribution in [0.2, 0.25) is 0 Å². The number of H-pyrrole nitrogens is 2. The minimum atomic E-state index is -5.42. The van der Waals surface area contributed by atoms with Crippen LogP contribution in [0.15, 0.2) is 39.3 Å². The minimum Gasteiger partial charge on any atom is -0.394 e. The number of nitrogen functional groups attached to an aromatic ring is 3. The maximum absolute atomic E-state index is 13.5. The summed E-state index contributed by atoms with van der Waals surface area (Å²) in [6.07, 6.45) is -17.8. The van der Waals surface area contributed by atoms with E-state index in [1.165, 1.54) is 6.07 Å². The van der Waals surface area contributed by atoms with Gasteiger partial charge in [0.15, 0.2) is 41.0 Å². The molecule has 8 rings (SSSR count). The average molecular weight is 934 g/mol. The van der Waals surface area contributed by atoms with E-state index in [2.05, 4.69) is 34.9 Å². The topological polar surface area (TPSA) is 480 Å². The van der Waals surface area contributed by atoms with Crippen LogP contribution >= 0.6 is 15.6 Å². The van der Waals surface area contributed by atoms with Gasteiger partial charge in [0.05, 0.1) is 32.5 Å². The fourth-order valence-electron chi connectivity index (χ4n) is 7.12. The van der Waals surface area contributed by atoms with Crippen LogP contribution in [0.5, 0.6) is 0 Å². The Morgan fingerprint density at radius 3 is 1.63 bits per heavy atom. The van der Waals surface area contributed by atoms with Crippen molar-refractivity contribution in [2.24, 2.45) is 0 Å². The molecule has 2 unspecified atom stereocenters. The summed E-state index contributed by atoms with van der Waals surface area (Å²) in [7, 11) is -10.8. The van der Waals surface area contributed by atoms with E-state index in [-0.39, 0.29) is 40.0 Å². The molecule has 3 saturated heterocycles. The van der Waals surface area contributed by atoms with Gasteiger partial charge < -0.3 is 66.7 Å². The number of aromatic amines is 2. The van der Waals surface area contributed by atoms with Crippen molar-refractivity contribution in [1.29, 1.82) is 0 Å². The molecule has 0 bridgehead atoms. The van der Waals surface area contributed by atoms with Crippen LogP contribution in [0.4, 0.5) is 17.7 Å². The summed E-state index contributed by atoms with van der Waals surface area (Å²) in [5.41, 5.74) is 13.5. The number of nitrogens with two attached hydrogens (primary N) is 3. The lowest BCUT2D eigenvalue weighted by Gasteiger charge is -2.25. The summed E-state index contributed by atoms with van der Waals surface area (Å²) in [4.78, 5) is 82.6. The highest BCUT2D eigenvalue weighted by Crippen LogP contribution is 2.52. The van der Waals surface area contributed by atoms with Crippen LogP contribution < -0.4 is 34.0 Å². The SMILES string of the molecule is Nc1ccn([C@@H]2O[C@H](COP(=O)(O)O[C@H]3[C@@H](O)[C@H](n4cnc5c(=O)[nH]c(N)nc54)O[C@@H]3COP(=O)(O)O[C@H]3[C@@H](O)[C@H](n4cnc5c(=O)[nH]c(N)nc54)O[C@@H]3CO)[C@@H](O)[C@H]2O)c(=O)n1. The maximum atomic E-state index is 13.5. The standard InChI is InChI=1S/C29H37N13O19P2/c30-11-1-2-40(29(50)35-11)24-15(45)14(44)9(58-24)4-55-62(51,52)61-19-10(59-26(17(19)47)42-7-34-13-21(42)37-28(32)39-23(13)49)5-56-63(53,54)60-18-8(3-43)57-25(16(18)46)41-6-33-12-20(41)36-27(31)38-22(12)48/h1-2,6-10,14-19,24-26,43-47H,3-5H2,(H,51,52)(H,53,54)(H2,30,35,50)(H3,31,36,38,48)(H3,32,37,39,49)/t8-,9-,10-,14-,15-,16-,17-,18-,19-,24-,25-,26-/m1/s1. The van der Waals surface area contributed by atoms with E-state index in [0.29, 0.717) is 0 Å². The number of hydrogen-bond acceptors (Lipinski definition) is 25. The molecule has 0 saturated carbocycles. The van der Waals surface area contributed by atoms with Crippen molar-refractivity contribution >= 4 is 55.7 Å². The zero-order valence-electron chi connectivity index (χ0n) is 31.6. The molecule has 3 fully saturated rings. The molecule has 0 spiro atoms. The van der Waals surface area contributed by atoms with Gasteiger partial charge in [0, 0.05) is 6.20 Å². The van der Waals surface area contributed by atoms with Crippen LogP contribution in [0.25, 0.3) is 22.3 Å². The Morgan fingerprint density at radius 1 is 0.667 bits per heavy atom. The number of aromatic nitrogens is 10. The van der Waals surface area contributed by atoms with Crippen LogP contribution in [0, 0.1) is 0 Å². The smallest absolute Gasteiger partial charge is 0.394 e. The number of nitrogens with one attached hydrogen (secondary N) is 2. The third-order valence-electron chi connectivity index (χ3n) is 10.0. The molecule has 0 aliphatic carbocycles. The highest BCUT2D eigenvalue weighted by Gasteiger charge is 2.53. The lowest BCUT2D eigenvalue weighted by Crippen LogP contribution is -2.38. The van der Waals surface area contributed by atoms with Crippen LogP contribution in [-0.4, -0.2) is 159 Å². The van der Waals surface area contributed by atoms with E-state index >= 15 is 0 Å². The van der Waals surface area contributed by atoms with Crippen molar-refractivity contribution in [2.45, 2.75) is 73.6 Å². The second-order valence-electron chi connectivity index (χ2n) is 14.1. The Balaban J connectivity index is 0.997. The van der Waals surface area contributed by atoms with Crippen LogP contribution in [0.1, 0.15) is 18.7 Å². The van der Waals surface area contributed by atoms with Gasteiger partial charge in [0.25, 0.3) is 11.1 Å². The first-order valence-corrected chi connectivity index (χ1v) is 21.1. The second kappa shape index (κ2) is 16.8. The van der Waals surface area contributed by atoms with Gasteiger partial charge >= 0.3 is 21.3 Å². The normalized spacial score (nSPS) is 31.8. The summed E-state index contributed by atoms with van der Waals surface area (Å²) in [6, 6.07) is 1.21. The molecule has 14 atom stereocenters. The van der Waals surface area contributed by atoms with Crippen molar-refractivity contribution in [3.8, 4) is 0 Å². The summed E-state index contributed by atoms with van der Waals surface area (Å²) < 4.78 is 67.5. The lowest BCUT2D eigenvalue weighted by molar-refractivity contribution is -0.0631. The first-order valence-electron chi connectivity index (χ1n) is 18.2. The fraction of sp³-hybridized carbons (Fsp3) is 0.517. The number of rotatable bonds is 14. The highest BCUT2D eigenvalue weighted by atomic mass is 31.2. The highest BCUT2D eigenvalue weighted by molar-refractivity contribution is 7.47. The quantitative estimate of drug-likeness (QED) is 0.0462. The Kier molecular flexibility index (Phi) is 11.8. The molecule has 3 aliphatic heterocycles. The van der Waals surface area contributed by atoms with E-state index in [1.807, 2.05) is 0 Å². The Morgan fingerprint density at radius 2 is 1.13 bits per heavy atom. The third-order valence-corrected chi connectivity index (χ3v) is 12.0. The molecule has 3 aliphatic rings. The number of aliphatic hydroxyl groups is 5. The minimum absolute atomic E-state index is 0.146. The van der Waals surface area contributed by atoms with E-state index in [4.69, 9.17) is 49.5 Å². The number of anilines is 3. The summed E-state index contributed by atoms with van der Waals surface area (Å²) in [5.74, 6) is -0.835. The Hall–Kier alpha value is -5.12. The van der Waals surface area contributed by atoms with E-state index in [9.17, 15) is 58.8 Å². The van der Waals surface area contributed by atoms with Crippen molar-refractivity contribution in [2.75, 3.05) is 37.0 Å². The molecule has 342 valence electrons. The summed E-state index contributed by atoms with van der Waals surface area (Å²) in [6.45, 7) is -2.96. The van der Waals surface area contributed by atoms with Gasteiger partial charge in [-0.05, 0) is 6.07 Å². The van der Waals surface area contributed by atoms with Crippen LogP contribution in [-0.2, 0) is 41.4 Å². The molecule has 0 radical (unpaired) electrons. The number of fused-ring (bicyclic) bond motifs is 2. The van der Waals surface area contributed by atoms with Gasteiger partial charge in [-0.3, -0.25) is 51.4 Å². The molecule has 32 nitrogen and oxygen atoms in total. The molecule has 63 heavy (non-hydrogen) atoms. The van der Waals surface area contributed by atoms with Gasteiger partial charge in [-0.15, -0.1) is 0 Å². The van der Waals surface area contributed by atoms with Crippen molar-refractivity contribution < 1.29 is 76.8 Å². The molecule has 5 aromatic heterocycles. The zero-order valence-corrected chi connectivity index (χ0v) is 33.4. The molecule has 8 heterocycles. The first kappa shape index (κ1) is 44.5. The average Bonchev–Trinajstić information content (AvgIpc) is 4.02. The molecule has 0 aromatic carbocycles. The van der Waals surface area contributed by atoms with Crippen molar-refractivity contribution in [3.05, 3.63) is 56.1 Å². The molecule has 0 amide bonds. The number of imidazole rings is 2. The predicted octanol–water partition coefficient (Wildman–Crippen LogP) is -5.61. The summed E-state index contributed by atoms with van der Waals surface area (Å²) >= 11 is 0. The van der Waals surface area contributed by atoms with Crippen molar-refractivity contribution in [3.63, 3.8) is 0 Å². The number of phosphoric ester groups is 2. The molecule has 34 heteroatoms. The van der Waals surface area contributed by atoms with Gasteiger partial charge in [-0.25, -0.2) is 23.9 Å². The predicted molar refractivity (Wildman–Crippen MR) is 202 cm³/mol. The number of phosphoric acid groups is 2. The lowest BCUT2D eigenvalue weighted by atomic mass is 10.1. The van der Waals surface area contributed by atoms with Gasteiger partial charge in [0.2, 0.25) is 11.9 Å². The number of ether oxygens (including phenoxy) is 3. The van der Waals surface area contributed by atoms with E-state index < -0.39 is 126 Å². The van der Waals surface area contributed by atoms with Gasteiger partial charge in [-0.2, -0.15) is 15.0 Å². The number of nitrogens with zero attached hydrogens (tertiary/aromatic N) is 8. The second-order valence-corrected chi connectivity index (χ2v) is 16.9. The van der Waals surface area contributed by atoms with Crippen molar-refractivity contribution in [1.82, 2.24) is 48.6 Å². The fourth-order valence-corrected chi connectivity index (χ4v) is 9.05. The first-order chi connectivity index (χ1) is 29.8. The van der Waals surface area contributed by atoms with Crippen LogP contribution in [0.3, 0.4) is 0 Å². The van der Waals surface area contributed by atoms with E-state index in [1.54, 1.807) is 0 Å². The number of hydrogen-bond donors (Lipinski definition) is 12. The largest absolute Gasteiger partial charge is 0.472 e. The zero-order chi connectivity index (χ0) is 45.3. The Labute approximate surface area is 347 Å². The third kappa shape index (κ3) is 8.51. The summed E-state index contributed by atoms with van der Waals surface area (Å²) in [5, 5.41) is 53.9.